The quantitative estimate of drug-likeness (QED) is 0.885. The van der Waals surface area contributed by atoms with Crippen LogP contribution in [0.3, 0.4) is 0 Å². The van der Waals surface area contributed by atoms with Gasteiger partial charge in [-0.3, -0.25) is 9.59 Å². The summed E-state index contributed by atoms with van der Waals surface area (Å²) in [5, 5.41) is 3.03. The Labute approximate surface area is 165 Å². The molecule has 1 heterocycles. The maximum absolute atomic E-state index is 12.7. The largest absolute Gasteiger partial charge is 0.368 e. The lowest BCUT2D eigenvalue weighted by atomic mass is 9.83. The van der Waals surface area contributed by atoms with Gasteiger partial charge in [0.2, 0.25) is 5.91 Å². The molecule has 2 aromatic rings. The Morgan fingerprint density at radius 3 is 2.50 bits per heavy atom. The van der Waals surface area contributed by atoms with Crippen LogP contribution in [0.15, 0.2) is 48.5 Å². The molecule has 28 heavy (non-hydrogen) atoms. The highest BCUT2D eigenvalue weighted by atomic mass is 16.5. The number of rotatable bonds is 4. The third-order valence-electron chi connectivity index (χ3n) is 5.78. The minimum Gasteiger partial charge on any atom is -0.368 e. The van der Waals surface area contributed by atoms with E-state index in [1.165, 1.54) is 11.1 Å². The average Bonchev–Trinajstić information content (AvgIpc) is 3.28. The molecule has 0 saturated carbocycles. The number of carbonyl (C=O) groups excluding carboxylic acids is 2. The average molecular weight is 378 g/mol. The molecule has 2 aliphatic rings. The van der Waals surface area contributed by atoms with Gasteiger partial charge >= 0.3 is 0 Å². The van der Waals surface area contributed by atoms with Crippen LogP contribution >= 0.6 is 0 Å². The number of hydrogen-bond donors (Lipinski definition) is 1. The van der Waals surface area contributed by atoms with Crippen LogP contribution in [0.5, 0.6) is 0 Å². The summed E-state index contributed by atoms with van der Waals surface area (Å²) in [5.41, 5.74) is 4.18. The summed E-state index contributed by atoms with van der Waals surface area (Å²) in [5.74, 6) is 0.0412. The highest BCUT2D eigenvalue weighted by Gasteiger charge is 2.27. The Morgan fingerprint density at radius 2 is 1.79 bits per heavy atom. The Balaban J connectivity index is 1.36. The number of likely N-dealkylation sites (N-methyl/N-ethyl adjacent to an activating group) is 1. The molecule has 2 aromatic carbocycles. The molecule has 0 radical (unpaired) electrons. The third-order valence-corrected chi connectivity index (χ3v) is 5.78. The zero-order valence-corrected chi connectivity index (χ0v) is 16.2. The van der Waals surface area contributed by atoms with Gasteiger partial charge < -0.3 is 15.0 Å². The monoisotopic (exact) mass is 378 g/mol. The first-order valence-electron chi connectivity index (χ1n) is 9.98. The van der Waals surface area contributed by atoms with Gasteiger partial charge in [-0.05, 0) is 67.5 Å². The summed E-state index contributed by atoms with van der Waals surface area (Å²) in [4.78, 5) is 26.8. The minimum atomic E-state index is -0.335. The molecule has 1 fully saturated rings. The number of aryl methyl sites for hydroxylation is 1. The lowest BCUT2D eigenvalue weighted by Gasteiger charge is -2.24. The molecule has 4 rings (SSSR count). The topological polar surface area (TPSA) is 58.6 Å². The molecule has 0 unspecified atom stereocenters. The molecule has 5 nitrogen and oxygen atoms in total. The summed E-state index contributed by atoms with van der Waals surface area (Å²) in [6.45, 7) is 0.654. The number of nitrogens with zero attached hydrogens (tertiary/aromatic N) is 1. The molecule has 0 aromatic heterocycles. The fraction of sp³-hybridized carbons (Fsp3) is 0.391. The van der Waals surface area contributed by atoms with Gasteiger partial charge in [0.05, 0.1) is 0 Å². The summed E-state index contributed by atoms with van der Waals surface area (Å²) < 4.78 is 5.48. The normalized spacial score (nSPS) is 21.0. The number of amides is 2. The number of benzene rings is 2. The van der Waals surface area contributed by atoms with Gasteiger partial charge in [-0.25, -0.2) is 0 Å². The molecule has 0 bridgehead atoms. The Morgan fingerprint density at radius 1 is 1.04 bits per heavy atom. The van der Waals surface area contributed by atoms with Crippen molar-refractivity contribution in [1.29, 1.82) is 0 Å². The van der Waals surface area contributed by atoms with Crippen LogP contribution < -0.4 is 10.2 Å². The fourth-order valence-corrected chi connectivity index (χ4v) is 4.05. The van der Waals surface area contributed by atoms with Gasteiger partial charge in [0.15, 0.2) is 0 Å². The van der Waals surface area contributed by atoms with E-state index in [-0.39, 0.29) is 23.8 Å². The first-order valence-corrected chi connectivity index (χ1v) is 9.98. The molecule has 2 amide bonds. The van der Waals surface area contributed by atoms with Gasteiger partial charge in [0.25, 0.3) is 5.91 Å². The van der Waals surface area contributed by atoms with Crippen molar-refractivity contribution >= 4 is 23.2 Å². The standard InChI is InChI=1S/C23H26N2O3/c1-25(23(27)21-7-4-14-28-21)20-12-10-19(11-13-20)24-22(26)18-9-8-16-5-2-3-6-17(16)15-18/h2-3,5-6,10-13,18,21H,4,7-9,14-15H2,1H3,(H,24,26)/t18-,21+/m1/s1. The maximum Gasteiger partial charge on any atom is 0.255 e. The zero-order valence-electron chi connectivity index (χ0n) is 16.2. The van der Waals surface area contributed by atoms with Crippen molar-refractivity contribution < 1.29 is 14.3 Å². The molecule has 0 spiro atoms. The number of anilines is 2. The van der Waals surface area contributed by atoms with Crippen LogP contribution in [0.4, 0.5) is 11.4 Å². The number of hydrogen-bond acceptors (Lipinski definition) is 3. The van der Waals surface area contributed by atoms with E-state index >= 15 is 0 Å². The van der Waals surface area contributed by atoms with Crippen molar-refractivity contribution in [2.75, 3.05) is 23.9 Å². The molecule has 146 valence electrons. The maximum atomic E-state index is 12.7. The lowest BCUT2D eigenvalue weighted by Crippen LogP contribution is -2.36. The highest BCUT2D eigenvalue weighted by molar-refractivity contribution is 5.97. The molecule has 2 atom stereocenters. The van der Waals surface area contributed by atoms with E-state index in [2.05, 4.69) is 23.5 Å². The number of nitrogens with one attached hydrogen (secondary N) is 1. The summed E-state index contributed by atoms with van der Waals surface area (Å²) >= 11 is 0. The van der Waals surface area contributed by atoms with Crippen LogP contribution in [-0.2, 0) is 27.2 Å². The van der Waals surface area contributed by atoms with E-state index in [9.17, 15) is 9.59 Å². The Hall–Kier alpha value is -2.66. The second-order valence-electron chi connectivity index (χ2n) is 7.64. The number of ether oxygens (including phenoxy) is 1. The second-order valence-corrected chi connectivity index (χ2v) is 7.64. The SMILES string of the molecule is CN(C(=O)[C@@H]1CCCO1)c1ccc(NC(=O)[C@@H]2CCc3ccccc3C2)cc1. The summed E-state index contributed by atoms with van der Waals surface area (Å²) in [6, 6.07) is 15.8. The number of carbonyl (C=O) groups is 2. The van der Waals surface area contributed by atoms with Crippen molar-refractivity contribution in [3.05, 3.63) is 59.7 Å². The van der Waals surface area contributed by atoms with Gasteiger partial charge in [-0.1, -0.05) is 24.3 Å². The van der Waals surface area contributed by atoms with Crippen LogP contribution in [0.1, 0.15) is 30.4 Å². The van der Waals surface area contributed by atoms with E-state index in [0.717, 1.165) is 43.5 Å². The van der Waals surface area contributed by atoms with Crippen LogP contribution in [0.2, 0.25) is 0 Å². The first kappa shape index (κ1) is 18.7. The van der Waals surface area contributed by atoms with Crippen molar-refractivity contribution in [3.63, 3.8) is 0 Å². The fourth-order valence-electron chi connectivity index (χ4n) is 4.05. The highest BCUT2D eigenvalue weighted by Crippen LogP contribution is 2.27. The summed E-state index contributed by atoms with van der Waals surface area (Å²) in [6.07, 6.45) is 3.99. The Kier molecular flexibility index (Phi) is 5.44. The lowest BCUT2D eigenvalue weighted by molar-refractivity contribution is -0.127. The zero-order chi connectivity index (χ0) is 19.5. The molecule has 1 saturated heterocycles. The molecular weight excluding hydrogens is 352 g/mol. The molecule has 1 aliphatic carbocycles. The Bertz CT molecular complexity index is 856. The van der Waals surface area contributed by atoms with Crippen LogP contribution in [0, 0.1) is 5.92 Å². The van der Waals surface area contributed by atoms with Crippen molar-refractivity contribution in [2.24, 2.45) is 5.92 Å². The molecule has 1 aliphatic heterocycles. The van der Waals surface area contributed by atoms with E-state index in [0.29, 0.717) is 6.61 Å². The van der Waals surface area contributed by atoms with Crippen LogP contribution in [0.25, 0.3) is 0 Å². The van der Waals surface area contributed by atoms with Crippen molar-refractivity contribution in [2.45, 2.75) is 38.2 Å². The van der Waals surface area contributed by atoms with E-state index in [1.54, 1.807) is 11.9 Å². The van der Waals surface area contributed by atoms with Crippen LogP contribution in [-0.4, -0.2) is 31.6 Å². The summed E-state index contributed by atoms with van der Waals surface area (Å²) in [7, 11) is 1.76. The molecular formula is C23H26N2O3. The predicted molar refractivity (Wildman–Crippen MR) is 109 cm³/mol. The predicted octanol–water partition coefficient (Wildman–Crippen LogP) is 3.57. The second kappa shape index (κ2) is 8.15. The first-order chi connectivity index (χ1) is 13.6. The van der Waals surface area contributed by atoms with Gasteiger partial charge in [0.1, 0.15) is 6.10 Å². The van der Waals surface area contributed by atoms with E-state index in [1.807, 2.05) is 30.3 Å². The van der Waals surface area contributed by atoms with Gasteiger partial charge in [-0.15, -0.1) is 0 Å². The number of fused-ring (bicyclic) bond motifs is 1. The van der Waals surface area contributed by atoms with Crippen molar-refractivity contribution in [1.82, 2.24) is 0 Å². The van der Waals surface area contributed by atoms with Gasteiger partial charge in [0, 0.05) is 30.9 Å². The molecule has 1 N–H and O–H groups in total. The third kappa shape index (κ3) is 3.94. The minimum absolute atomic E-state index is 0.00153. The van der Waals surface area contributed by atoms with E-state index in [4.69, 9.17) is 4.74 Å². The molecule has 5 heteroatoms. The van der Waals surface area contributed by atoms with Gasteiger partial charge in [-0.2, -0.15) is 0 Å². The smallest absolute Gasteiger partial charge is 0.255 e. The van der Waals surface area contributed by atoms with E-state index < -0.39 is 0 Å². The van der Waals surface area contributed by atoms with Crippen molar-refractivity contribution in [3.8, 4) is 0 Å².